The third-order valence-electron chi connectivity index (χ3n) is 3.77. The number of rotatable bonds is 6. The lowest BCUT2D eigenvalue weighted by molar-refractivity contribution is -0.156. The van der Waals surface area contributed by atoms with Crippen molar-refractivity contribution in [1.82, 2.24) is 10.2 Å². The normalized spacial score (nSPS) is 22.3. The molecule has 1 amide bonds. The summed E-state index contributed by atoms with van der Waals surface area (Å²) in [5.41, 5.74) is -0.806. The van der Waals surface area contributed by atoms with Gasteiger partial charge in [0, 0.05) is 26.7 Å². The summed E-state index contributed by atoms with van der Waals surface area (Å²) < 4.78 is 24.4. The van der Waals surface area contributed by atoms with Crippen molar-refractivity contribution in [1.29, 1.82) is 0 Å². The third kappa shape index (κ3) is 4.18. The first-order valence-corrected chi connectivity index (χ1v) is 7.51. The second-order valence-corrected chi connectivity index (χ2v) is 5.57. The molecular weight excluding hydrogens is 287 g/mol. The van der Waals surface area contributed by atoms with E-state index in [1.807, 2.05) is 0 Å². The first-order chi connectivity index (χ1) is 10.5. The predicted molar refractivity (Wildman–Crippen MR) is 81.4 cm³/mol. The quantitative estimate of drug-likeness (QED) is 0.808. The van der Waals surface area contributed by atoms with E-state index in [4.69, 9.17) is 9.47 Å². The number of amides is 1. The number of ether oxygens (including phenoxy) is 2. The lowest BCUT2D eigenvalue weighted by atomic mass is 10.0. The van der Waals surface area contributed by atoms with Crippen LogP contribution in [-0.4, -0.2) is 56.3 Å². The highest BCUT2D eigenvalue weighted by Crippen LogP contribution is 2.18. The van der Waals surface area contributed by atoms with Crippen LogP contribution in [0, 0.1) is 5.82 Å². The Kier molecular flexibility index (Phi) is 5.74. The van der Waals surface area contributed by atoms with E-state index in [2.05, 4.69) is 10.2 Å². The molecule has 1 aliphatic rings. The van der Waals surface area contributed by atoms with Gasteiger partial charge in [-0.25, -0.2) is 4.39 Å². The minimum absolute atomic E-state index is 0.111. The van der Waals surface area contributed by atoms with Gasteiger partial charge >= 0.3 is 0 Å². The molecule has 1 saturated heterocycles. The smallest absolute Gasteiger partial charge is 0.253 e. The van der Waals surface area contributed by atoms with E-state index in [-0.39, 0.29) is 17.5 Å². The number of carbonyl (C=O) groups excluding carboxylic acids is 1. The fraction of sp³-hybridized carbons (Fsp3) is 0.562. The number of morpholine rings is 1. The molecule has 1 unspecified atom stereocenters. The molecule has 1 aromatic rings. The lowest BCUT2D eigenvalue weighted by Gasteiger charge is -2.39. The summed E-state index contributed by atoms with van der Waals surface area (Å²) in [7, 11) is 1.61. The molecule has 0 radical (unpaired) electrons. The molecule has 1 aromatic carbocycles. The first kappa shape index (κ1) is 16.7. The van der Waals surface area contributed by atoms with Crippen molar-refractivity contribution >= 4 is 5.91 Å². The Labute approximate surface area is 130 Å². The highest BCUT2D eigenvalue weighted by atomic mass is 19.1. The van der Waals surface area contributed by atoms with Crippen LogP contribution in [0.5, 0.6) is 5.75 Å². The second kappa shape index (κ2) is 7.56. The molecule has 1 fully saturated rings. The van der Waals surface area contributed by atoms with E-state index in [1.54, 1.807) is 32.2 Å². The SMILES string of the molecule is CNC(=O)C1(C)CN(CCCOc2ccccc2F)CCO1. The molecule has 1 N–H and O–H groups in total. The Bertz CT molecular complexity index is 512. The zero-order valence-electron chi connectivity index (χ0n) is 13.1. The lowest BCUT2D eigenvalue weighted by Crippen LogP contribution is -2.57. The number of hydrogen-bond acceptors (Lipinski definition) is 4. The number of halogens is 1. The van der Waals surface area contributed by atoms with Crippen LogP contribution in [0.1, 0.15) is 13.3 Å². The summed E-state index contributed by atoms with van der Waals surface area (Å²) in [4.78, 5) is 14.0. The maximum atomic E-state index is 13.4. The first-order valence-electron chi connectivity index (χ1n) is 7.51. The van der Waals surface area contributed by atoms with Crippen LogP contribution in [-0.2, 0) is 9.53 Å². The van der Waals surface area contributed by atoms with Gasteiger partial charge in [0.2, 0.25) is 0 Å². The van der Waals surface area contributed by atoms with Crippen LogP contribution in [0.4, 0.5) is 4.39 Å². The zero-order valence-corrected chi connectivity index (χ0v) is 13.1. The Hall–Kier alpha value is -1.66. The summed E-state index contributed by atoms with van der Waals surface area (Å²) in [6.07, 6.45) is 0.762. The van der Waals surface area contributed by atoms with Crippen LogP contribution in [0.2, 0.25) is 0 Å². The van der Waals surface area contributed by atoms with Gasteiger partial charge in [0.1, 0.15) is 0 Å². The van der Waals surface area contributed by atoms with Gasteiger partial charge in [-0.2, -0.15) is 0 Å². The molecule has 122 valence electrons. The van der Waals surface area contributed by atoms with Gasteiger partial charge in [-0.3, -0.25) is 9.69 Å². The number of hydrogen-bond donors (Lipinski definition) is 1. The molecular formula is C16H23FN2O3. The van der Waals surface area contributed by atoms with Gasteiger partial charge < -0.3 is 14.8 Å². The summed E-state index contributed by atoms with van der Waals surface area (Å²) in [5, 5.41) is 2.63. The molecule has 1 heterocycles. The summed E-state index contributed by atoms with van der Waals surface area (Å²) in [6, 6.07) is 6.38. The predicted octanol–water partition coefficient (Wildman–Crippen LogP) is 1.43. The Morgan fingerprint density at radius 2 is 2.27 bits per heavy atom. The van der Waals surface area contributed by atoms with Crippen LogP contribution >= 0.6 is 0 Å². The Morgan fingerprint density at radius 1 is 1.50 bits per heavy atom. The number of benzene rings is 1. The standard InChI is InChI=1S/C16H23FN2O3/c1-16(15(20)18-2)12-19(9-11-22-16)8-5-10-21-14-7-4-3-6-13(14)17/h3-4,6-7H,5,8-12H2,1-2H3,(H,18,20). The molecule has 5 nitrogen and oxygen atoms in total. The van der Waals surface area contributed by atoms with Crippen LogP contribution in [0.25, 0.3) is 0 Å². The van der Waals surface area contributed by atoms with Gasteiger partial charge in [0.15, 0.2) is 17.2 Å². The molecule has 6 heteroatoms. The van der Waals surface area contributed by atoms with E-state index < -0.39 is 5.60 Å². The van der Waals surface area contributed by atoms with Gasteiger partial charge in [0.25, 0.3) is 5.91 Å². The molecule has 0 bridgehead atoms. The molecule has 1 atom stereocenters. The van der Waals surface area contributed by atoms with E-state index >= 15 is 0 Å². The summed E-state index contributed by atoms with van der Waals surface area (Å²) in [5.74, 6) is -0.180. The third-order valence-corrected chi connectivity index (χ3v) is 3.77. The van der Waals surface area contributed by atoms with E-state index in [0.717, 1.165) is 19.5 Å². The number of nitrogens with zero attached hydrogens (tertiary/aromatic N) is 1. The largest absolute Gasteiger partial charge is 0.490 e. The van der Waals surface area contributed by atoms with Crippen molar-refractivity contribution in [2.75, 3.05) is 39.9 Å². The second-order valence-electron chi connectivity index (χ2n) is 5.57. The summed E-state index contributed by atoms with van der Waals surface area (Å²) >= 11 is 0. The van der Waals surface area contributed by atoms with Crippen molar-refractivity contribution < 1.29 is 18.7 Å². The van der Waals surface area contributed by atoms with Gasteiger partial charge in [-0.05, 0) is 25.5 Å². The van der Waals surface area contributed by atoms with Crippen molar-refractivity contribution in [2.24, 2.45) is 0 Å². The molecule has 0 saturated carbocycles. The minimum atomic E-state index is -0.806. The van der Waals surface area contributed by atoms with Crippen LogP contribution in [0.15, 0.2) is 24.3 Å². The van der Waals surface area contributed by atoms with Crippen molar-refractivity contribution in [3.63, 3.8) is 0 Å². The monoisotopic (exact) mass is 310 g/mol. The number of likely N-dealkylation sites (N-methyl/N-ethyl adjacent to an activating group) is 1. The fourth-order valence-corrected chi connectivity index (χ4v) is 2.58. The number of carbonyl (C=O) groups is 1. The molecule has 0 spiro atoms. The molecule has 2 rings (SSSR count). The zero-order chi connectivity index (χ0) is 16.0. The maximum Gasteiger partial charge on any atom is 0.253 e. The van der Waals surface area contributed by atoms with Crippen LogP contribution < -0.4 is 10.1 Å². The minimum Gasteiger partial charge on any atom is -0.490 e. The number of nitrogens with one attached hydrogen (secondary N) is 1. The summed E-state index contributed by atoms with van der Waals surface area (Å²) in [6.45, 7) is 4.88. The van der Waals surface area contributed by atoms with E-state index in [9.17, 15) is 9.18 Å². The molecule has 0 aromatic heterocycles. The molecule has 0 aliphatic carbocycles. The van der Waals surface area contributed by atoms with Crippen molar-refractivity contribution in [3.05, 3.63) is 30.1 Å². The maximum absolute atomic E-state index is 13.4. The van der Waals surface area contributed by atoms with Gasteiger partial charge in [-0.15, -0.1) is 0 Å². The topological polar surface area (TPSA) is 50.8 Å². The molecule has 22 heavy (non-hydrogen) atoms. The van der Waals surface area contributed by atoms with Crippen LogP contribution in [0.3, 0.4) is 0 Å². The van der Waals surface area contributed by atoms with Crippen molar-refractivity contribution in [2.45, 2.75) is 18.9 Å². The van der Waals surface area contributed by atoms with Gasteiger partial charge in [0.05, 0.1) is 13.2 Å². The van der Waals surface area contributed by atoms with Crippen molar-refractivity contribution in [3.8, 4) is 5.75 Å². The highest BCUT2D eigenvalue weighted by molar-refractivity contribution is 5.84. The Balaban J connectivity index is 1.75. The average Bonchev–Trinajstić information content (AvgIpc) is 2.52. The van der Waals surface area contributed by atoms with E-state index in [1.165, 1.54) is 6.07 Å². The average molecular weight is 310 g/mol. The number of para-hydroxylation sites is 1. The highest BCUT2D eigenvalue weighted by Gasteiger charge is 2.38. The Morgan fingerprint density at radius 3 is 3.00 bits per heavy atom. The van der Waals surface area contributed by atoms with Gasteiger partial charge in [-0.1, -0.05) is 12.1 Å². The fourth-order valence-electron chi connectivity index (χ4n) is 2.58. The van der Waals surface area contributed by atoms with E-state index in [0.29, 0.717) is 19.8 Å². The molecule has 1 aliphatic heterocycles.